The second-order valence-electron chi connectivity index (χ2n) is 13.0. The minimum Gasteiger partial charge on any atom is -0.309 e. The van der Waals surface area contributed by atoms with Crippen LogP contribution in [0, 0.1) is 0 Å². The lowest BCUT2D eigenvalue weighted by molar-refractivity contribution is 1.16. The zero-order chi connectivity index (χ0) is 31.3. The molecule has 9 aromatic rings. The summed E-state index contributed by atoms with van der Waals surface area (Å²) in [6.07, 6.45) is 0. The molecule has 3 aromatic heterocycles. The monoisotopic (exact) mass is 635 g/mol. The molecule has 0 saturated carbocycles. The molecule has 0 spiro atoms. The molecule has 0 amide bonds. The fourth-order valence-electron chi connectivity index (χ4n) is 7.77. The summed E-state index contributed by atoms with van der Waals surface area (Å²) in [4.78, 5) is 10.8. The molecule has 1 aliphatic rings. The molecular formula is C42H29N3SSi. The first-order valence-corrected chi connectivity index (χ1v) is 19.9. The number of nitrogens with zero attached hydrogens (tertiary/aromatic N) is 3. The van der Waals surface area contributed by atoms with Gasteiger partial charge < -0.3 is 4.57 Å². The average molecular weight is 636 g/mol. The molecule has 3 nitrogen and oxygen atoms in total. The van der Waals surface area contributed by atoms with Crippen LogP contribution >= 0.6 is 11.3 Å². The van der Waals surface area contributed by atoms with Crippen LogP contribution in [0.4, 0.5) is 0 Å². The molecule has 0 fully saturated rings. The number of fused-ring (bicyclic) bond motifs is 9. The number of rotatable bonds is 3. The maximum absolute atomic E-state index is 5.46. The number of para-hydroxylation sites is 2. The molecule has 0 saturated heterocycles. The van der Waals surface area contributed by atoms with Gasteiger partial charge in [-0.05, 0) is 41.1 Å². The van der Waals surface area contributed by atoms with E-state index in [2.05, 4.69) is 157 Å². The average Bonchev–Trinajstić information content (AvgIpc) is 3.72. The van der Waals surface area contributed by atoms with Gasteiger partial charge in [-0.3, -0.25) is 0 Å². The zero-order valence-electron chi connectivity index (χ0n) is 26.0. The van der Waals surface area contributed by atoms with E-state index in [-0.39, 0.29) is 0 Å². The number of hydrogen-bond donors (Lipinski definition) is 0. The highest BCUT2D eigenvalue weighted by Crippen LogP contribution is 2.43. The Hall–Kier alpha value is -5.36. The number of hydrogen-bond acceptors (Lipinski definition) is 3. The first kappa shape index (κ1) is 26.8. The van der Waals surface area contributed by atoms with Gasteiger partial charge in [-0.15, -0.1) is 11.3 Å². The lowest BCUT2D eigenvalue weighted by atomic mass is 9.99. The van der Waals surface area contributed by atoms with Crippen molar-refractivity contribution in [2.75, 3.05) is 0 Å². The molecule has 0 bridgehead atoms. The third-order valence-corrected chi connectivity index (χ3v) is 14.4. The van der Waals surface area contributed by atoms with Crippen LogP contribution < -0.4 is 10.5 Å². The molecule has 1 aliphatic heterocycles. The van der Waals surface area contributed by atoms with E-state index < -0.39 is 8.07 Å². The maximum Gasteiger partial charge on any atom is 0.159 e. The molecule has 6 aromatic carbocycles. The second-order valence-corrected chi connectivity index (χ2v) is 18.3. The summed E-state index contributed by atoms with van der Waals surface area (Å²) in [6, 6.07) is 50.6. The van der Waals surface area contributed by atoms with Crippen molar-refractivity contribution < 1.29 is 0 Å². The molecule has 4 heterocycles. The van der Waals surface area contributed by atoms with Gasteiger partial charge in [0, 0.05) is 53.0 Å². The molecule has 10 rings (SSSR count). The van der Waals surface area contributed by atoms with Gasteiger partial charge in [0.25, 0.3) is 0 Å². The number of benzene rings is 6. The molecule has 0 radical (unpaired) electrons. The van der Waals surface area contributed by atoms with Gasteiger partial charge >= 0.3 is 0 Å². The molecule has 0 N–H and O–H groups in total. The molecule has 222 valence electrons. The van der Waals surface area contributed by atoms with E-state index in [0.717, 1.165) is 28.3 Å². The van der Waals surface area contributed by atoms with Crippen molar-refractivity contribution in [3.05, 3.63) is 140 Å². The number of thiophene rings is 1. The first-order chi connectivity index (χ1) is 23.1. The van der Waals surface area contributed by atoms with Crippen LogP contribution in [0.3, 0.4) is 0 Å². The summed E-state index contributed by atoms with van der Waals surface area (Å²) in [5.41, 5.74) is 9.16. The van der Waals surface area contributed by atoms with Gasteiger partial charge in [0.05, 0.1) is 22.4 Å². The summed E-state index contributed by atoms with van der Waals surface area (Å²) >= 11 is 1.87. The Morgan fingerprint density at radius 2 is 1.26 bits per heavy atom. The molecular weight excluding hydrogens is 607 g/mol. The molecule has 0 atom stereocenters. The molecule has 47 heavy (non-hydrogen) atoms. The van der Waals surface area contributed by atoms with Gasteiger partial charge in [0.15, 0.2) is 5.82 Å². The third-order valence-electron chi connectivity index (χ3n) is 9.97. The standard InChI is InChI=1S/C42H29N3SSi/c1-47(2)38-23-13-9-19-30(38)39-40(43-41(44-42(39)47)26-14-4-3-5-15-26)29-18-7-11-21-34(29)45-33-20-10-6-16-27(33)31-24-32-28-17-8-12-22-36(28)46-37(32)25-35(31)45/h3-25H,1-2H3. The summed E-state index contributed by atoms with van der Waals surface area (Å²) in [5.74, 6) is 0.789. The zero-order valence-corrected chi connectivity index (χ0v) is 27.8. The Labute approximate surface area is 277 Å². The van der Waals surface area contributed by atoms with Crippen molar-refractivity contribution in [3.8, 4) is 39.5 Å². The maximum atomic E-state index is 5.46. The number of aromatic nitrogens is 3. The van der Waals surface area contributed by atoms with Crippen molar-refractivity contribution in [3.63, 3.8) is 0 Å². The topological polar surface area (TPSA) is 30.7 Å². The predicted molar refractivity (Wildman–Crippen MR) is 202 cm³/mol. The highest BCUT2D eigenvalue weighted by atomic mass is 32.1. The van der Waals surface area contributed by atoms with E-state index in [1.807, 2.05) is 11.3 Å². The Morgan fingerprint density at radius 1 is 0.553 bits per heavy atom. The van der Waals surface area contributed by atoms with E-state index >= 15 is 0 Å². The van der Waals surface area contributed by atoms with Gasteiger partial charge in [-0.25, -0.2) is 9.97 Å². The first-order valence-electron chi connectivity index (χ1n) is 16.1. The second kappa shape index (κ2) is 9.82. The van der Waals surface area contributed by atoms with Crippen molar-refractivity contribution in [2.45, 2.75) is 13.1 Å². The van der Waals surface area contributed by atoms with Gasteiger partial charge in [0.1, 0.15) is 8.07 Å². The van der Waals surface area contributed by atoms with E-state index in [1.54, 1.807) is 0 Å². The van der Waals surface area contributed by atoms with Crippen LogP contribution in [0.2, 0.25) is 13.1 Å². The van der Waals surface area contributed by atoms with Gasteiger partial charge in [-0.2, -0.15) is 0 Å². The third kappa shape index (κ3) is 3.78. The summed E-state index contributed by atoms with van der Waals surface area (Å²) in [5, 5.41) is 7.81. The van der Waals surface area contributed by atoms with Gasteiger partial charge in [-0.1, -0.05) is 122 Å². The summed E-state index contributed by atoms with van der Waals surface area (Å²) < 4.78 is 5.09. The van der Waals surface area contributed by atoms with Crippen LogP contribution in [0.25, 0.3) is 81.4 Å². The Balaban J connectivity index is 1.32. The van der Waals surface area contributed by atoms with Gasteiger partial charge in [0.2, 0.25) is 0 Å². The van der Waals surface area contributed by atoms with Crippen molar-refractivity contribution >= 4 is 71.9 Å². The molecule has 0 aliphatic carbocycles. The van der Waals surface area contributed by atoms with Crippen LogP contribution in [0.1, 0.15) is 0 Å². The van der Waals surface area contributed by atoms with Crippen LogP contribution in [0.5, 0.6) is 0 Å². The van der Waals surface area contributed by atoms with Crippen LogP contribution in [-0.4, -0.2) is 22.6 Å². The molecule has 5 heteroatoms. The lowest BCUT2D eigenvalue weighted by Crippen LogP contribution is -2.50. The normalized spacial score (nSPS) is 13.5. The highest BCUT2D eigenvalue weighted by Gasteiger charge is 2.41. The van der Waals surface area contributed by atoms with Crippen molar-refractivity contribution in [1.29, 1.82) is 0 Å². The quantitative estimate of drug-likeness (QED) is 0.181. The lowest BCUT2D eigenvalue weighted by Gasteiger charge is -2.20. The summed E-state index contributed by atoms with van der Waals surface area (Å²) in [6.45, 7) is 4.86. The summed E-state index contributed by atoms with van der Waals surface area (Å²) in [7, 11) is -2.08. The Bertz CT molecular complexity index is 2720. The van der Waals surface area contributed by atoms with Crippen LogP contribution in [-0.2, 0) is 0 Å². The minimum absolute atomic E-state index is 0.789. The fourth-order valence-corrected chi connectivity index (χ4v) is 11.8. The largest absolute Gasteiger partial charge is 0.309 e. The smallest absolute Gasteiger partial charge is 0.159 e. The predicted octanol–water partition coefficient (Wildman–Crippen LogP) is 10.1. The fraction of sp³-hybridized carbons (Fsp3) is 0.0476. The SMILES string of the molecule is C[Si]1(C)c2ccccc2-c2c(-c3ccccc3-n3c4ccccc4c4cc5c(cc43)sc3ccccc35)nc(-c3ccccc3)nc21. The van der Waals surface area contributed by atoms with Crippen LogP contribution in [0.15, 0.2) is 140 Å². The van der Waals surface area contributed by atoms with E-state index in [4.69, 9.17) is 9.97 Å². The highest BCUT2D eigenvalue weighted by molar-refractivity contribution is 7.25. The van der Waals surface area contributed by atoms with Crippen molar-refractivity contribution in [1.82, 2.24) is 14.5 Å². The van der Waals surface area contributed by atoms with E-state index in [1.165, 1.54) is 63.6 Å². The minimum atomic E-state index is -2.08. The Morgan fingerprint density at radius 3 is 2.13 bits per heavy atom. The van der Waals surface area contributed by atoms with Crippen molar-refractivity contribution in [2.24, 2.45) is 0 Å². The Kier molecular flexibility index (Phi) is 5.60. The van der Waals surface area contributed by atoms with E-state index in [9.17, 15) is 0 Å². The van der Waals surface area contributed by atoms with E-state index in [0.29, 0.717) is 0 Å². The molecule has 0 unspecified atom stereocenters.